The van der Waals surface area contributed by atoms with Crippen LogP contribution in [0.15, 0.2) is 18.2 Å². The van der Waals surface area contributed by atoms with Crippen molar-refractivity contribution < 1.29 is 51.4 Å². The molecule has 0 aliphatic rings. The number of halogens is 4. The van der Waals surface area contributed by atoms with Gasteiger partial charge in [0.1, 0.15) is 5.75 Å². The molecule has 17 heavy (non-hydrogen) atoms. The van der Waals surface area contributed by atoms with Crippen LogP contribution in [0.5, 0.6) is 5.75 Å². The van der Waals surface area contributed by atoms with E-state index in [4.69, 9.17) is 33.8 Å². The predicted octanol–water partition coefficient (Wildman–Crippen LogP) is -4.63. The first-order valence-corrected chi connectivity index (χ1v) is 4.46. The second-order valence-electron chi connectivity index (χ2n) is 2.43. The molecule has 1 radical (unpaired) electrons. The third kappa shape index (κ3) is 7.95. The Morgan fingerprint density at radius 1 is 1.35 bits per heavy atom. The molecule has 0 saturated carbocycles. The standard InChI is InChI=1S/C8H8Cl2N2O2.2ClH.Cu/c9-5-1-2-7(6(10)3-5)14-4-8(13)12-11;;;/h1-3H,4,11H2,(H,12,13);2*1H;/q;;;+2/p-2. The van der Waals surface area contributed by atoms with Crippen LogP contribution in [0.3, 0.4) is 0 Å². The van der Waals surface area contributed by atoms with E-state index in [9.17, 15) is 4.79 Å². The maximum atomic E-state index is 10.7. The number of amides is 1. The van der Waals surface area contributed by atoms with E-state index in [0.717, 1.165) is 0 Å². The summed E-state index contributed by atoms with van der Waals surface area (Å²) in [7, 11) is 0. The summed E-state index contributed by atoms with van der Waals surface area (Å²) in [5.41, 5.74) is 1.93. The molecule has 0 unspecified atom stereocenters. The number of ether oxygens (including phenoxy) is 1. The fourth-order valence-corrected chi connectivity index (χ4v) is 1.24. The average molecular weight is 370 g/mol. The van der Waals surface area contributed by atoms with E-state index in [-0.39, 0.29) is 48.5 Å². The smallest absolute Gasteiger partial charge is 1.00 e. The van der Waals surface area contributed by atoms with Gasteiger partial charge < -0.3 is 29.6 Å². The first kappa shape index (κ1) is 22.3. The normalized spacial score (nSPS) is 7.94. The molecule has 0 bridgehead atoms. The van der Waals surface area contributed by atoms with Crippen LogP contribution in [0.25, 0.3) is 0 Å². The summed E-state index contributed by atoms with van der Waals surface area (Å²) in [6.07, 6.45) is 0. The quantitative estimate of drug-likeness (QED) is 0.244. The van der Waals surface area contributed by atoms with E-state index in [1.54, 1.807) is 12.1 Å². The Kier molecular flexibility index (Phi) is 14.7. The van der Waals surface area contributed by atoms with Gasteiger partial charge in [0, 0.05) is 5.02 Å². The van der Waals surface area contributed by atoms with E-state index >= 15 is 0 Å². The van der Waals surface area contributed by atoms with Crippen LogP contribution in [-0.4, -0.2) is 12.5 Å². The number of nitrogens with one attached hydrogen (secondary N) is 1. The van der Waals surface area contributed by atoms with Crippen LogP contribution >= 0.6 is 23.2 Å². The number of nitrogens with two attached hydrogens (primary N) is 1. The Hall–Kier alpha value is 0.129. The van der Waals surface area contributed by atoms with Crippen molar-refractivity contribution in [2.45, 2.75) is 0 Å². The number of hydrogen-bond donors (Lipinski definition) is 2. The number of hydrazine groups is 1. The Bertz CT molecular complexity index is 354. The molecular weight excluding hydrogens is 361 g/mol. The van der Waals surface area contributed by atoms with Crippen LogP contribution in [0.1, 0.15) is 0 Å². The van der Waals surface area contributed by atoms with Gasteiger partial charge in [-0.3, -0.25) is 10.2 Å². The van der Waals surface area contributed by atoms with E-state index in [1.165, 1.54) is 6.07 Å². The average Bonchev–Trinajstić information content (AvgIpc) is 2.16. The minimum absolute atomic E-state index is 0. The molecule has 1 aromatic rings. The second-order valence-corrected chi connectivity index (χ2v) is 3.27. The van der Waals surface area contributed by atoms with E-state index in [1.807, 2.05) is 5.43 Å². The Balaban J connectivity index is -0.000000653. The summed E-state index contributed by atoms with van der Waals surface area (Å²) in [4.78, 5) is 10.7. The molecule has 1 amide bonds. The maximum Gasteiger partial charge on any atom is 2.00 e. The number of carbonyl (C=O) groups is 1. The van der Waals surface area contributed by atoms with Gasteiger partial charge in [-0.1, -0.05) is 23.2 Å². The number of rotatable bonds is 3. The molecule has 0 heterocycles. The first-order valence-electron chi connectivity index (χ1n) is 3.71. The van der Waals surface area contributed by atoms with E-state index in [2.05, 4.69) is 0 Å². The summed E-state index contributed by atoms with van der Waals surface area (Å²) >= 11 is 11.5. The van der Waals surface area contributed by atoms with Crippen molar-refractivity contribution >= 4 is 29.1 Å². The van der Waals surface area contributed by atoms with Crippen molar-refractivity contribution in [2.75, 3.05) is 6.61 Å². The minimum atomic E-state index is -0.434. The van der Waals surface area contributed by atoms with Gasteiger partial charge in [-0.05, 0) is 18.2 Å². The van der Waals surface area contributed by atoms with Gasteiger partial charge in [0.15, 0.2) is 6.61 Å². The Morgan fingerprint density at radius 2 is 1.94 bits per heavy atom. The molecule has 0 atom stereocenters. The van der Waals surface area contributed by atoms with Crippen LogP contribution in [0.4, 0.5) is 0 Å². The zero-order valence-corrected chi connectivity index (χ0v) is 12.1. The van der Waals surface area contributed by atoms with Crippen LogP contribution in [0, 0.1) is 0 Å². The van der Waals surface area contributed by atoms with Crippen LogP contribution in [0.2, 0.25) is 10.0 Å². The van der Waals surface area contributed by atoms with Crippen molar-refractivity contribution in [1.82, 2.24) is 5.43 Å². The third-order valence-corrected chi connectivity index (χ3v) is 1.94. The molecule has 0 fully saturated rings. The number of carbonyl (C=O) groups excluding carboxylic acids is 1. The van der Waals surface area contributed by atoms with Crippen LogP contribution < -0.4 is 40.8 Å². The van der Waals surface area contributed by atoms with Gasteiger partial charge in [-0.25, -0.2) is 5.84 Å². The molecule has 0 aromatic heterocycles. The summed E-state index contributed by atoms with van der Waals surface area (Å²) < 4.78 is 5.06. The van der Waals surface area contributed by atoms with Gasteiger partial charge >= 0.3 is 17.1 Å². The van der Waals surface area contributed by atoms with Gasteiger partial charge in [-0.15, -0.1) is 0 Å². The zero-order chi connectivity index (χ0) is 10.6. The molecular formula is C8H8Cl4CuN2O2. The van der Waals surface area contributed by atoms with E-state index < -0.39 is 5.91 Å². The summed E-state index contributed by atoms with van der Waals surface area (Å²) in [6, 6.07) is 4.72. The molecule has 1 rings (SSSR count). The second kappa shape index (κ2) is 11.2. The Labute approximate surface area is 132 Å². The van der Waals surface area contributed by atoms with Crippen molar-refractivity contribution in [3.8, 4) is 5.75 Å². The van der Waals surface area contributed by atoms with Crippen molar-refractivity contribution in [1.29, 1.82) is 0 Å². The molecule has 101 valence electrons. The maximum absolute atomic E-state index is 10.7. The van der Waals surface area contributed by atoms with Gasteiger partial charge in [0.05, 0.1) is 5.02 Å². The Morgan fingerprint density at radius 3 is 2.41 bits per heavy atom. The molecule has 3 N–H and O–H groups in total. The zero-order valence-electron chi connectivity index (χ0n) is 8.15. The largest absolute Gasteiger partial charge is 2.00 e. The minimum Gasteiger partial charge on any atom is -1.00 e. The number of benzene rings is 1. The molecule has 0 saturated heterocycles. The van der Waals surface area contributed by atoms with E-state index in [0.29, 0.717) is 15.8 Å². The fourth-order valence-electron chi connectivity index (χ4n) is 0.777. The van der Waals surface area contributed by atoms with Crippen molar-refractivity contribution in [3.05, 3.63) is 28.2 Å². The monoisotopic (exact) mass is 367 g/mol. The predicted molar refractivity (Wildman–Crippen MR) is 54.3 cm³/mol. The molecule has 4 nitrogen and oxygen atoms in total. The SMILES string of the molecule is NNC(=O)COc1ccc(Cl)cc1Cl.[Cl-].[Cl-].[Cu+2]. The van der Waals surface area contributed by atoms with Crippen molar-refractivity contribution in [3.63, 3.8) is 0 Å². The topological polar surface area (TPSA) is 64.3 Å². The van der Waals surface area contributed by atoms with Crippen LogP contribution in [-0.2, 0) is 21.9 Å². The van der Waals surface area contributed by atoms with Crippen molar-refractivity contribution in [2.24, 2.45) is 5.84 Å². The molecule has 1 aromatic carbocycles. The third-order valence-electron chi connectivity index (χ3n) is 1.41. The molecule has 9 heteroatoms. The first-order chi connectivity index (χ1) is 6.63. The van der Waals surface area contributed by atoms with Gasteiger partial charge in [0.25, 0.3) is 5.91 Å². The fraction of sp³-hybridized carbons (Fsp3) is 0.125. The molecule has 0 aliphatic heterocycles. The molecule has 0 aliphatic carbocycles. The summed E-state index contributed by atoms with van der Waals surface area (Å²) in [5, 5.41) is 0.855. The van der Waals surface area contributed by atoms with Gasteiger partial charge in [-0.2, -0.15) is 0 Å². The molecule has 0 spiro atoms. The van der Waals surface area contributed by atoms with Gasteiger partial charge in [0.2, 0.25) is 0 Å². The summed E-state index contributed by atoms with van der Waals surface area (Å²) in [5.74, 6) is 4.82. The number of hydrogen-bond acceptors (Lipinski definition) is 3. The summed E-state index contributed by atoms with van der Waals surface area (Å²) in [6.45, 7) is -0.183.